The molecule has 0 bridgehead atoms. The number of hydrogen-bond acceptors (Lipinski definition) is 3. The molecule has 0 amide bonds. The van der Waals surface area contributed by atoms with Crippen LogP contribution in [0.4, 0.5) is 0 Å². The van der Waals surface area contributed by atoms with Crippen molar-refractivity contribution in [1.29, 1.82) is 0 Å². The minimum absolute atomic E-state index is 0.0928. The van der Waals surface area contributed by atoms with Crippen molar-refractivity contribution >= 4 is 5.65 Å². The zero-order chi connectivity index (χ0) is 10.3. The molecule has 0 fully saturated rings. The molecule has 2 heterocycles. The smallest absolute Gasteiger partial charge is 0.266 e. The first-order valence-corrected chi connectivity index (χ1v) is 4.42. The van der Waals surface area contributed by atoms with Gasteiger partial charge in [0.2, 0.25) is 0 Å². The fraction of sp³-hybridized carbons (Fsp3) is 0.444. The van der Waals surface area contributed by atoms with E-state index in [1.807, 2.05) is 20.8 Å². The predicted octanol–water partition coefficient (Wildman–Crippen LogP) is 0.715. The Labute approximate surface area is 80.8 Å². The zero-order valence-corrected chi connectivity index (χ0v) is 8.40. The van der Waals surface area contributed by atoms with Crippen LogP contribution >= 0.6 is 0 Å². The van der Waals surface area contributed by atoms with Gasteiger partial charge in [0, 0.05) is 5.56 Å². The largest absolute Gasteiger partial charge is 0.268 e. The van der Waals surface area contributed by atoms with Crippen molar-refractivity contribution in [1.82, 2.24) is 19.8 Å². The third kappa shape index (κ3) is 1.30. The molecule has 0 saturated heterocycles. The number of aromatic nitrogens is 4. The van der Waals surface area contributed by atoms with Crippen molar-refractivity contribution in [2.24, 2.45) is 0 Å². The highest BCUT2D eigenvalue weighted by molar-refractivity contribution is 5.39. The Kier molecular flexibility index (Phi) is 1.70. The lowest BCUT2D eigenvalue weighted by Crippen LogP contribution is -2.26. The number of nitrogens with one attached hydrogen (secondary N) is 1. The molecule has 0 aliphatic heterocycles. The number of hydrogen-bond donors (Lipinski definition) is 1. The van der Waals surface area contributed by atoms with Crippen molar-refractivity contribution in [2.45, 2.75) is 26.2 Å². The highest BCUT2D eigenvalue weighted by Crippen LogP contribution is 2.18. The van der Waals surface area contributed by atoms with Gasteiger partial charge in [0.25, 0.3) is 5.56 Å². The normalized spacial score (nSPS) is 12.2. The van der Waals surface area contributed by atoms with Crippen LogP contribution in [0.5, 0.6) is 0 Å². The van der Waals surface area contributed by atoms with Crippen LogP contribution in [0, 0.1) is 0 Å². The number of aromatic amines is 1. The van der Waals surface area contributed by atoms with Crippen molar-refractivity contribution in [3.63, 3.8) is 0 Å². The van der Waals surface area contributed by atoms with Gasteiger partial charge in [-0.3, -0.25) is 9.89 Å². The van der Waals surface area contributed by atoms with E-state index in [0.29, 0.717) is 5.65 Å². The molecule has 5 nitrogen and oxygen atoms in total. The molecular formula is C9H12N4O. The molecule has 2 rings (SSSR count). The topological polar surface area (TPSA) is 63.1 Å². The van der Waals surface area contributed by atoms with E-state index in [1.165, 1.54) is 10.8 Å². The lowest BCUT2D eigenvalue weighted by Gasteiger charge is -2.17. The van der Waals surface area contributed by atoms with Crippen molar-refractivity contribution in [2.75, 3.05) is 0 Å². The average Bonchev–Trinajstić information content (AvgIpc) is 2.47. The molecule has 2 aromatic rings. The van der Waals surface area contributed by atoms with E-state index in [4.69, 9.17) is 0 Å². The fourth-order valence-electron chi connectivity index (χ4n) is 1.35. The first-order chi connectivity index (χ1) is 6.48. The van der Waals surface area contributed by atoms with Crippen LogP contribution < -0.4 is 5.56 Å². The molecule has 0 radical (unpaired) electrons. The Morgan fingerprint density at radius 3 is 2.79 bits per heavy atom. The van der Waals surface area contributed by atoms with Crippen molar-refractivity contribution < 1.29 is 0 Å². The minimum atomic E-state index is -0.179. The molecule has 5 heteroatoms. The third-order valence-corrected chi connectivity index (χ3v) is 2.12. The minimum Gasteiger partial charge on any atom is -0.268 e. The lowest BCUT2D eigenvalue weighted by molar-refractivity contribution is 0.577. The summed E-state index contributed by atoms with van der Waals surface area (Å²) in [5, 5.41) is 10.3. The lowest BCUT2D eigenvalue weighted by atomic mass is 9.88. The average molecular weight is 192 g/mol. The highest BCUT2D eigenvalue weighted by atomic mass is 16.1. The maximum Gasteiger partial charge on any atom is 0.266 e. The fourth-order valence-corrected chi connectivity index (χ4v) is 1.35. The first-order valence-electron chi connectivity index (χ1n) is 4.42. The highest BCUT2D eigenvalue weighted by Gasteiger charge is 2.18. The summed E-state index contributed by atoms with van der Waals surface area (Å²) >= 11 is 0. The van der Waals surface area contributed by atoms with Gasteiger partial charge in [-0.2, -0.15) is 0 Å². The SMILES string of the molecule is CC(C)(C)c1cc2nncn2[nH]c1=O. The Morgan fingerprint density at radius 1 is 1.43 bits per heavy atom. The van der Waals surface area contributed by atoms with Gasteiger partial charge in [-0.05, 0) is 11.5 Å². The summed E-state index contributed by atoms with van der Waals surface area (Å²) < 4.78 is 1.51. The van der Waals surface area contributed by atoms with Crippen LogP contribution in [0.15, 0.2) is 17.2 Å². The Hall–Kier alpha value is -1.65. The van der Waals surface area contributed by atoms with Crippen molar-refractivity contribution in [3.05, 3.63) is 28.3 Å². The molecule has 0 saturated carbocycles. The van der Waals surface area contributed by atoms with E-state index in [9.17, 15) is 4.79 Å². The van der Waals surface area contributed by atoms with Crippen LogP contribution in [0.3, 0.4) is 0 Å². The molecule has 14 heavy (non-hydrogen) atoms. The number of rotatable bonds is 0. The molecule has 0 aliphatic rings. The molecule has 1 N–H and O–H groups in total. The van der Waals surface area contributed by atoms with E-state index in [0.717, 1.165) is 5.56 Å². The standard InChI is InChI=1S/C9H12N4O/c1-9(2,3)6-4-7-11-10-5-13(7)12-8(6)14/h4-5H,1-3H3,(H,12,14). The van der Waals surface area contributed by atoms with Crippen LogP contribution in [-0.4, -0.2) is 19.8 Å². The summed E-state index contributed by atoms with van der Waals surface area (Å²) in [5.41, 5.74) is 1.11. The van der Waals surface area contributed by atoms with Gasteiger partial charge >= 0.3 is 0 Å². The van der Waals surface area contributed by atoms with Gasteiger partial charge in [-0.25, -0.2) is 4.52 Å². The summed E-state index contributed by atoms with van der Waals surface area (Å²) in [7, 11) is 0. The second-order valence-electron chi connectivity index (χ2n) is 4.31. The van der Waals surface area contributed by atoms with Gasteiger partial charge in [-0.1, -0.05) is 20.8 Å². The Morgan fingerprint density at radius 2 is 2.14 bits per heavy atom. The number of fused-ring (bicyclic) bond motifs is 1. The van der Waals surface area contributed by atoms with Crippen LogP contribution in [0.2, 0.25) is 0 Å². The van der Waals surface area contributed by atoms with E-state index in [-0.39, 0.29) is 11.0 Å². The molecule has 0 unspecified atom stereocenters. The van der Waals surface area contributed by atoms with Gasteiger partial charge in [0.1, 0.15) is 6.33 Å². The molecule has 0 aliphatic carbocycles. The van der Waals surface area contributed by atoms with Crippen LogP contribution in [0.1, 0.15) is 26.3 Å². The quantitative estimate of drug-likeness (QED) is 0.668. The molecule has 0 spiro atoms. The third-order valence-electron chi connectivity index (χ3n) is 2.12. The second-order valence-corrected chi connectivity index (χ2v) is 4.31. The molecule has 74 valence electrons. The maximum atomic E-state index is 11.6. The van der Waals surface area contributed by atoms with E-state index in [1.54, 1.807) is 6.07 Å². The van der Waals surface area contributed by atoms with Gasteiger partial charge in [0.15, 0.2) is 5.65 Å². The number of H-pyrrole nitrogens is 1. The molecule has 0 atom stereocenters. The van der Waals surface area contributed by atoms with Gasteiger partial charge < -0.3 is 0 Å². The van der Waals surface area contributed by atoms with Crippen LogP contribution in [-0.2, 0) is 5.41 Å². The molecule has 0 aromatic carbocycles. The summed E-state index contributed by atoms with van der Waals surface area (Å²) in [6.07, 6.45) is 1.48. The Bertz CT molecular complexity index is 517. The van der Waals surface area contributed by atoms with E-state index < -0.39 is 0 Å². The van der Waals surface area contributed by atoms with Gasteiger partial charge in [-0.15, -0.1) is 10.2 Å². The molecular weight excluding hydrogens is 180 g/mol. The maximum absolute atomic E-state index is 11.6. The monoisotopic (exact) mass is 192 g/mol. The number of nitrogens with zero attached hydrogens (tertiary/aromatic N) is 3. The Balaban J connectivity index is 2.78. The first kappa shape index (κ1) is 8.93. The predicted molar refractivity (Wildman–Crippen MR) is 52.3 cm³/mol. The van der Waals surface area contributed by atoms with Gasteiger partial charge in [0.05, 0.1) is 0 Å². The van der Waals surface area contributed by atoms with Crippen LogP contribution in [0.25, 0.3) is 5.65 Å². The molecule has 2 aromatic heterocycles. The summed E-state index contributed by atoms with van der Waals surface area (Å²) in [4.78, 5) is 11.6. The summed E-state index contributed by atoms with van der Waals surface area (Å²) in [6.45, 7) is 5.97. The van der Waals surface area contributed by atoms with Crippen molar-refractivity contribution in [3.8, 4) is 0 Å². The zero-order valence-electron chi connectivity index (χ0n) is 8.40. The summed E-state index contributed by atoms with van der Waals surface area (Å²) in [5.74, 6) is 0. The summed E-state index contributed by atoms with van der Waals surface area (Å²) in [6, 6.07) is 1.77. The second kappa shape index (κ2) is 2.67. The van der Waals surface area contributed by atoms with E-state index >= 15 is 0 Å². The van der Waals surface area contributed by atoms with E-state index in [2.05, 4.69) is 15.3 Å².